The lowest BCUT2D eigenvalue weighted by Gasteiger charge is -2.19. The molecule has 19 heavy (non-hydrogen) atoms. The molecule has 1 heterocycles. The van der Waals surface area contributed by atoms with Gasteiger partial charge in [-0.1, -0.05) is 12.1 Å². The summed E-state index contributed by atoms with van der Waals surface area (Å²) in [5.74, 6) is 0.515. The van der Waals surface area contributed by atoms with Crippen molar-refractivity contribution in [3.63, 3.8) is 0 Å². The van der Waals surface area contributed by atoms with Gasteiger partial charge in [-0.15, -0.1) is 0 Å². The first-order chi connectivity index (χ1) is 8.86. The van der Waals surface area contributed by atoms with E-state index in [1.54, 1.807) is 13.8 Å². The van der Waals surface area contributed by atoms with E-state index in [-0.39, 0.29) is 0 Å². The molecule has 0 aliphatic carbocycles. The number of benzene rings is 1. The van der Waals surface area contributed by atoms with Crippen LogP contribution in [0, 0.1) is 0 Å². The molecule has 1 aromatic heterocycles. The van der Waals surface area contributed by atoms with Crippen LogP contribution in [0.15, 0.2) is 27.1 Å². The van der Waals surface area contributed by atoms with E-state index in [9.17, 15) is 9.00 Å². The van der Waals surface area contributed by atoms with Crippen molar-refractivity contribution < 1.29 is 13.4 Å². The highest BCUT2D eigenvalue weighted by molar-refractivity contribution is 9.10. The third-order valence-corrected chi connectivity index (χ3v) is 4.89. The number of carbonyl (C=O) groups excluding carboxylic acids is 1. The average Bonchev–Trinajstić information content (AvgIpc) is 2.67. The molecule has 2 N–H and O–H groups in total. The third kappa shape index (κ3) is 2.66. The van der Waals surface area contributed by atoms with Crippen LogP contribution < -0.4 is 5.14 Å². The van der Waals surface area contributed by atoms with Crippen molar-refractivity contribution in [3.05, 3.63) is 34.0 Å². The maximum atomic E-state index is 11.5. The van der Waals surface area contributed by atoms with Gasteiger partial charge in [0.25, 0.3) is 0 Å². The smallest absolute Gasteiger partial charge is 0.154 e. The Kier molecular flexibility index (Phi) is 3.94. The van der Waals surface area contributed by atoms with Crippen molar-refractivity contribution in [2.45, 2.75) is 25.0 Å². The summed E-state index contributed by atoms with van der Waals surface area (Å²) in [5.41, 5.74) is 1.12. The van der Waals surface area contributed by atoms with Gasteiger partial charge >= 0.3 is 0 Å². The molecular formula is C13H14BrNO3S. The van der Waals surface area contributed by atoms with E-state index in [1.165, 1.54) is 0 Å². The standard InChI is InChI=1S/C13H14BrNO3S/c1-13(2,19(15)17)6-11-9(7-16)8-4-3-5-10(14)12(8)18-11/h3-5,7H,6,15H2,1-2H3. The molecule has 0 bridgehead atoms. The first-order valence-corrected chi connectivity index (χ1v) is 7.69. The number of hydrogen-bond acceptors (Lipinski definition) is 3. The van der Waals surface area contributed by atoms with Crippen LogP contribution in [-0.2, 0) is 17.4 Å². The van der Waals surface area contributed by atoms with Crippen molar-refractivity contribution in [3.8, 4) is 0 Å². The summed E-state index contributed by atoms with van der Waals surface area (Å²) in [6, 6.07) is 5.50. The average molecular weight is 344 g/mol. The Bertz CT molecular complexity index is 663. The summed E-state index contributed by atoms with van der Waals surface area (Å²) in [5, 5.41) is 6.21. The van der Waals surface area contributed by atoms with Gasteiger partial charge in [0, 0.05) is 11.8 Å². The van der Waals surface area contributed by atoms with E-state index in [0.29, 0.717) is 23.3 Å². The van der Waals surface area contributed by atoms with E-state index in [4.69, 9.17) is 9.56 Å². The second-order valence-electron chi connectivity index (χ2n) is 4.91. The molecule has 0 fully saturated rings. The first-order valence-electron chi connectivity index (χ1n) is 5.68. The number of furan rings is 1. The van der Waals surface area contributed by atoms with Crippen LogP contribution in [0.4, 0.5) is 0 Å². The molecule has 6 heteroatoms. The monoisotopic (exact) mass is 343 g/mol. The van der Waals surface area contributed by atoms with Gasteiger partial charge in [-0.05, 0) is 35.8 Å². The maximum Gasteiger partial charge on any atom is 0.154 e. The van der Waals surface area contributed by atoms with E-state index in [0.717, 1.165) is 16.1 Å². The number of rotatable bonds is 4. The Balaban J connectivity index is 2.58. The third-order valence-electron chi connectivity index (χ3n) is 3.03. The molecular weight excluding hydrogens is 330 g/mol. The minimum Gasteiger partial charge on any atom is -0.459 e. The first kappa shape index (κ1) is 14.4. The summed E-state index contributed by atoms with van der Waals surface area (Å²) < 4.78 is 17.4. The van der Waals surface area contributed by atoms with Crippen molar-refractivity contribution >= 4 is 44.2 Å². The van der Waals surface area contributed by atoms with Crippen molar-refractivity contribution in [1.29, 1.82) is 0 Å². The summed E-state index contributed by atoms with van der Waals surface area (Å²) in [6.07, 6.45) is 1.11. The molecule has 1 atom stereocenters. The number of hydrogen-bond donors (Lipinski definition) is 1. The maximum absolute atomic E-state index is 11.5. The van der Waals surface area contributed by atoms with Gasteiger partial charge in [-0.25, -0.2) is 4.21 Å². The Labute approximate surface area is 122 Å². The Hall–Kier alpha value is -0.980. The number of fused-ring (bicyclic) bond motifs is 1. The van der Waals surface area contributed by atoms with E-state index in [1.807, 2.05) is 18.2 Å². The molecule has 0 amide bonds. The molecule has 4 nitrogen and oxygen atoms in total. The van der Waals surface area contributed by atoms with Crippen LogP contribution in [0.2, 0.25) is 0 Å². The van der Waals surface area contributed by atoms with E-state index < -0.39 is 15.7 Å². The Morgan fingerprint density at radius 1 is 1.47 bits per heavy atom. The lowest BCUT2D eigenvalue weighted by Crippen LogP contribution is -2.34. The minimum atomic E-state index is -1.50. The fourth-order valence-corrected chi connectivity index (χ4v) is 2.59. The quantitative estimate of drug-likeness (QED) is 0.867. The van der Waals surface area contributed by atoms with Crippen LogP contribution in [0.25, 0.3) is 11.0 Å². The summed E-state index contributed by atoms with van der Waals surface area (Å²) in [6.45, 7) is 3.56. The Morgan fingerprint density at radius 2 is 2.16 bits per heavy atom. The topological polar surface area (TPSA) is 73.3 Å². The molecule has 1 aromatic carbocycles. The lowest BCUT2D eigenvalue weighted by atomic mass is 10.0. The van der Waals surface area contributed by atoms with E-state index >= 15 is 0 Å². The summed E-state index contributed by atoms with van der Waals surface area (Å²) in [4.78, 5) is 11.3. The van der Waals surface area contributed by atoms with Gasteiger partial charge in [-0.3, -0.25) is 9.93 Å². The molecule has 1 unspecified atom stereocenters. The zero-order valence-corrected chi connectivity index (χ0v) is 13.0. The lowest BCUT2D eigenvalue weighted by molar-refractivity contribution is 0.112. The van der Waals surface area contributed by atoms with Gasteiger partial charge in [0.1, 0.15) is 11.3 Å². The van der Waals surface area contributed by atoms with Crippen molar-refractivity contribution in [2.24, 2.45) is 5.14 Å². The largest absolute Gasteiger partial charge is 0.459 e. The molecule has 0 saturated carbocycles. The predicted octanol–water partition coefficient (Wildman–Crippen LogP) is 2.95. The van der Waals surface area contributed by atoms with Gasteiger partial charge in [0.15, 0.2) is 6.29 Å². The second kappa shape index (κ2) is 5.19. The number of aldehydes is 1. The molecule has 0 radical (unpaired) electrons. The molecule has 2 rings (SSSR count). The molecule has 0 aliphatic rings. The number of halogens is 1. The zero-order chi connectivity index (χ0) is 14.2. The number of nitrogens with two attached hydrogens (primary N) is 1. The Morgan fingerprint density at radius 3 is 2.74 bits per heavy atom. The van der Waals surface area contributed by atoms with Gasteiger partial charge in [0.2, 0.25) is 0 Å². The molecule has 0 aliphatic heterocycles. The molecule has 2 aromatic rings. The summed E-state index contributed by atoms with van der Waals surface area (Å²) in [7, 11) is -1.50. The normalized spacial score (nSPS) is 13.7. The van der Waals surface area contributed by atoms with Gasteiger partial charge < -0.3 is 4.42 Å². The predicted molar refractivity (Wildman–Crippen MR) is 79.4 cm³/mol. The molecule has 102 valence electrons. The highest BCUT2D eigenvalue weighted by atomic mass is 79.9. The SMILES string of the molecule is CC(C)(Cc1oc2c(Br)cccc2c1C=O)S(N)=O. The highest BCUT2D eigenvalue weighted by Gasteiger charge is 2.28. The van der Waals surface area contributed by atoms with Crippen molar-refractivity contribution in [2.75, 3.05) is 0 Å². The number of carbonyl (C=O) groups is 1. The number of para-hydroxylation sites is 1. The van der Waals surface area contributed by atoms with Crippen LogP contribution in [0.1, 0.15) is 30.0 Å². The van der Waals surface area contributed by atoms with Crippen molar-refractivity contribution in [1.82, 2.24) is 0 Å². The van der Waals surface area contributed by atoms with Gasteiger partial charge in [-0.2, -0.15) is 0 Å². The van der Waals surface area contributed by atoms with Crippen LogP contribution in [-0.4, -0.2) is 15.2 Å². The molecule has 0 spiro atoms. The van der Waals surface area contributed by atoms with Gasteiger partial charge in [0.05, 0.1) is 25.8 Å². The highest BCUT2D eigenvalue weighted by Crippen LogP contribution is 2.32. The molecule has 0 saturated heterocycles. The van der Waals surface area contributed by atoms with Crippen LogP contribution >= 0.6 is 15.9 Å². The zero-order valence-electron chi connectivity index (χ0n) is 10.6. The van der Waals surface area contributed by atoms with Crippen LogP contribution in [0.5, 0.6) is 0 Å². The fraction of sp³-hybridized carbons (Fsp3) is 0.308. The fourth-order valence-electron chi connectivity index (χ4n) is 1.87. The second-order valence-corrected chi connectivity index (χ2v) is 7.46. The van der Waals surface area contributed by atoms with E-state index in [2.05, 4.69) is 15.9 Å². The van der Waals surface area contributed by atoms with Crippen LogP contribution in [0.3, 0.4) is 0 Å². The summed E-state index contributed by atoms with van der Waals surface area (Å²) >= 11 is 3.39. The minimum absolute atomic E-state index is 0.339.